The van der Waals surface area contributed by atoms with Crippen LogP contribution in [0, 0.1) is 5.92 Å². The highest BCUT2D eigenvalue weighted by molar-refractivity contribution is 9.10. The van der Waals surface area contributed by atoms with Crippen LogP contribution in [0.1, 0.15) is 39.4 Å². The Morgan fingerprint density at radius 2 is 2.00 bits per heavy atom. The van der Waals surface area contributed by atoms with E-state index in [0.717, 1.165) is 4.47 Å². The summed E-state index contributed by atoms with van der Waals surface area (Å²) in [6, 6.07) is 5.10. The molecule has 0 spiro atoms. The largest absolute Gasteiger partial charge is 0.460 e. The average molecular weight is 350 g/mol. The normalized spacial score (nSPS) is 14.9. The second kappa shape index (κ2) is 6.25. The zero-order valence-corrected chi connectivity index (χ0v) is 13.7. The molecule has 2 unspecified atom stereocenters. The lowest BCUT2D eigenvalue weighted by atomic mass is 9.97. The van der Waals surface area contributed by atoms with E-state index in [4.69, 9.17) is 16.3 Å². The van der Waals surface area contributed by atoms with Crippen molar-refractivity contribution >= 4 is 33.5 Å². The minimum Gasteiger partial charge on any atom is -0.460 e. The Kier molecular flexibility index (Phi) is 5.42. The van der Waals surface area contributed by atoms with Crippen molar-refractivity contribution in [3.8, 4) is 0 Å². The molecule has 1 aromatic rings. The van der Waals surface area contributed by atoms with Crippen LogP contribution < -0.4 is 0 Å². The first-order valence-corrected chi connectivity index (χ1v) is 7.15. The fourth-order valence-corrected chi connectivity index (χ4v) is 1.94. The Labute approximate surface area is 127 Å². The van der Waals surface area contributed by atoms with Crippen LogP contribution >= 0.6 is 27.5 Å². The van der Waals surface area contributed by atoms with Gasteiger partial charge in [-0.05, 0) is 61.3 Å². The van der Waals surface area contributed by atoms with Gasteiger partial charge in [-0.25, -0.2) is 0 Å². The molecule has 0 aliphatic heterocycles. The van der Waals surface area contributed by atoms with E-state index in [-0.39, 0.29) is 0 Å². The van der Waals surface area contributed by atoms with E-state index < -0.39 is 23.6 Å². The fraction of sp³-hybridized carbons (Fsp3) is 0.500. The van der Waals surface area contributed by atoms with Crippen molar-refractivity contribution < 1.29 is 14.6 Å². The van der Waals surface area contributed by atoms with E-state index in [1.807, 2.05) is 0 Å². The maximum Gasteiger partial charge on any atom is 0.312 e. The molecule has 5 heteroatoms. The zero-order chi connectivity index (χ0) is 14.8. The number of rotatable bonds is 3. The summed E-state index contributed by atoms with van der Waals surface area (Å²) in [7, 11) is 0. The van der Waals surface area contributed by atoms with Gasteiger partial charge in [-0.2, -0.15) is 0 Å². The van der Waals surface area contributed by atoms with Gasteiger partial charge in [-0.15, -0.1) is 0 Å². The van der Waals surface area contributed by atoms with E-state index in [9.17, 15) is 9.90 Å². The molecular formula is C14H18BrClO3. The van der Waals surface area contributed by atoms with Crippen LogP contribution in [0.3, 0.4) is 0 Å². The van der Waals surface area contributed by atoms with Crippen molar-refractivity contribution in [3.05, 3.63) is 33.3 Å². The van der Waals surface area contributed by atoms with E-state index in [2.05, 4.69) is 15.9 Å². The van der Waals surface area contributed by atoms with Gasteiger partial charge in [0, 0.05) is 4.47 Å². The number of aliphatic hydroxyl groups excluding tert-OH is 1. The van der Waals surface area contributed by atoms with E-state index in [0.29, 0.717) is 10.6 Å². The number of halogens is 2. The number of esters is 1. The molecule has 1 N–H and O–H groups in total. The van der Waals surface area contributed by atoms with Gasteiger partial charge in [0.05, 0.1) is 17.0 Å². The van der Waals surface area contributed by atoms with Gasteiger partial charge in [-0.3, -0.25) is 4.79 Å². The summed E-state index contributed by atoms with van der Waals surface area (Å²) in [5, 5.41) is 10.7. The molecule has 0 aliphatic rings. The van der Waals surface area contributed by atoms with Crippen molar-refractivity contribution in [1.82, 2.24) is 0 Å². The lowest BCUT2D eigenvalue weighted by molar-refractivity contribution is -0.163. The van der Waals surface area contributed by atoms with E-state index in [1.54, 1.807) is 45.9 Å². The minimum absolute atomic E-state index is 0.431. The first-order chi connectivity index (χ1) is 8.61. The Bertz CT molecular complexity index is 468. The number of carbonyl (C=O) groups is 1. The average Bonchev–Trinajstić information content (AvgIpc) is 2.28. The van der Waals surface area contributed by atoms with Crippen molar-refractivity contribution in [2.75, 3.05) is 0 Å². The molecule has 1 aromatic carbocycles. The maximum absolute atomic E-state index is 11.9. The molecule has 0 fully saturated rings. The molecule has 0 amide bonds. The maximum atomic E-state index is 11.9. The third kappa shape index (κ3) is 4.79. The standard InChI is InChI=1S/C14H18BrClO3/c1-8(13(18)19-14(2,3)4)12(17)9-5-6-10(15)11(16)7-9/h5-8,12,17H,1-4H3. The lowest BCUT2D eigenvalue weighted by Gasteiger charge is -2.24. The highest BCUT2D eigenvalue weighted by Crippen LogP contribution is 2.30. The van der Waals surface area contributed by atoms with Crippen LogP contribution in [0.25, 0.3) is 0 Å². The van der Waals surface area contributed by atoms with Crippen LogP contribution in [-0.2, 0) is 9.53 Å². The van der Waals surface area contributed by atoms with Crippen molar-refractivity contribution in [2.24, 2.45) is 5.92 Å². The summed E-state index contributed by atoms with van der Waals surface area (Å²) < 4.78 is 6.00. The van der Waals surface area contributed by atoms with Gasteiger partial charge in [0.1, 0.15) is 5.60 Å². The van der Waals surface area contributed by atoms with Crippen molar-refractivity contribution in [1.29, 1.82) is 0 Å². The molecular weight excluding hydrogens is 332 g/mol. The molecule has 19 heavy (non-hydrogen) atoms. The lowest BCUT2D eigenvalue weighted by Crippen LogP contribution is -2.30. The third-order valence-corrected chi connectivity index (χ3v) is 3.77. The van der Waals surface area contributed by atoms with Crippen LogP contribution in [0.2, 0.25) is 5.02 Å². The molecule has 0 aliphatic carbocycles. The summed E-state index contributed by atoms with van der Waals surface area (Å²) in [5.41, 5.74) is 0.0224. The molecule has 1 rings (SSSR count). The number of ether oxygens (including phenoxy) is 1. The Hall–Kier alpha value is -0.580. The van der Waals surface area contributed by atoms with Gasteiger partial charge in [0.25, 0.3) is 0 Å². The molecule has 0 heterocycles. The molecule has 106 valence electrons. The topological polar surface area (TPSA) is 46.5 Å². The number of hydrogen-bond acceptors (Lipinski definition) is 3. The zero-order valence-electron chi connectivity index (χ0n) is 11.4. The van der Waals surface area contributed by atoms with Gasteiger partial charge in [0.15, 0.2) is 0 Å². The Morgan fingerprint density at radius 1 is 1.42 bits per heavy atom. The summed E-state index contributed by atoms with van der Waals surface area (Å²) in [5.74, 6) is -1.09. The monoisotopic (exact) mass is 348 g/mol. The van der Waals surface area contributed by atoms with Crippen LogP contribution in [0.5, 0.6) is 0 Å². The summed E-state index contributed by atoms with van der Waals surface area (Å²) in [6.45, 7) is 7.01. The van der Waals surface area contributed by atoms with Crippen LogP contribution in [0.15, 0.2) is 22.7 Å². The van der Waals surface area contributed by atoms with Crippen molar-refractivity contribution in [3.63, 3.8) is 0 Å². The van der Waals surface area contributed by atoms with Gasteiger partial charge < -0.3 is 9.84 Å². The SMILES string of the molecule is CC(C(=O)OC(C)(C)C)C(O)c1ccc(Br)c(Cl)c1. The van der Waals surface area contributed by atoms with E-state index in [1.165, 1.54) is 0 Å². The molecule has 2 atom stereocenters. The summed E-state index contributed by atoms with van der Waals surface area (Å²) in [6.07, 6.45) is -0.944. The first-order valence-electron chi connectivity index (χ1n) is 5.97. The molecule has 0 aromatic heterocycles. The number of carbonyl (C=O) groups excluding carboxylic acids is 1. The fourth-order valence-electron chi connectivity index (χ4n) is 1.51. The second-order valence-corrected chi connectivity index (χ2v) is 6.70. The number of benzene rings is 1. The smallest absolute Gasteiger partial charge is 0.312 e. The second-order valence-electron chi connectivity index (χ2n) is 5.44. The quantitative estimate of drug-likeness (QED) is 0.835. The van der Waals surface area contributed by atoms with Gasteiger partial charge >= 0.3 is 5.97 Å². The predicted molar refractivity (Wildman–Crippen MR) is 79.1 cm³/mol. The highest BCUT2D eigenvalue weighted by atomic mass is 79.9. The molecule has 0 saturated heterocycles. The molecule has 0 bridgehead atoms. The van der Waals surface area contributed by atoms with Gasteiger partial charge in [-0.1, -0.05) is 17.7 Å². The minimum atomic E-state index is -0.944. The van der Waals surface area contributed by atoms with Gasteiger partial charge in [0.2, 0.25) is 0 Å². The summed E-state index contributed by atoms with van der Waals surface area (Å²) >= 11 is 9.25. The number of hydrogen-bond donors (Lipinski definition) is 1. The Morgan fingerprint density at radius 3 is 2.47 bits per heavy atom. The summed E-state index contributed by atoms with van der Waals surface area (Å²) in [4.78, 5) is 11.9. The van der Waals surface area contributed by atoms with E-state index >= 15 is 0 Å². The number of aliphatic hydroxyl groups is 1. The molecule has 0 saturated carbocycles. The molecule has 3 nitrogen and oxygen atoms in total. The van der Waals surface area contributed by atoms with Crippen molar-refractivity contribution in [2.45, 2.75) is 39.4 Å². The highest BCUT2D eigenvalue weighted by Gasteiger charge is 2.28. The third-order valence-electron chi connectivity index (χ3n) is 2.54. The van der Waals surface area contributed by atoms with Crippen LogP contribution in [-0.4, -0.2) is 16.7 Å². The van der Waals surface area contributed by atoms with Crippen LogP contribution in [0.4, 0.5) is 0 Å². The Balaban J connectivity index is 2.84. The molecule has 0 radical (unpaired) electrons. The predicted octanol–water partition coefficient (Wildman–Crippen LogP) is 4.11. The first kappa shape index (κ1) is 16.5.